The summed E-state index contributed by atoms with van der Waals surface area (Å²) in [6, 6.07) is 18.3. The van der Waals surface area contributed by atoms with Crippen molar-refractivity contribution in [2.24, 2.45) is 0 Å². The molecule has 2 heterocycles. The van der Waals surface area contributed by atoms with Crippen molar-refractivity contribution < 1.29 is 18.7 Å². The van der Waals surface area contributed by atoms with Gasteiger partial charge in [0.1, 0.15) is 5.76 Å². The number of hydrogen-bond acceptors (Lipinski definition) is 5. The van der Waals surface area contributed by atoms with E-state index < -0.39 is 5.97 Å². The number of para-hydroxylation sites is 2. The Hall–Kier alpha value is -3.67. The van der Waals surface area contributed by atoms with E-state index in [2.05, 4.69) is 4.98 Å². The number of rotatable bonds is 6. The van der Waals surface area contributed by atoms with Crippen LogP contribution in [0.25, 0.3) is 11.0 Å². The van der Waals surface area contributed by atoms with Crippen LogP contribution < -0.4 is 0 Å². The number of imidazole rings is 1. The summed E-state index contributed by atoms with van der Waals surface area (Å²) in [7, 11) is 0. The van der Waals surface area contributed by atoms with E-state index >= 15 is 0 Å². The molecule has 6 heteroatoms. The van der Waals surface area contributed by atoms with Crippen molar-refractivity contribution in [3.05, 3.63) is 89.1 Å². The molecular weight excluding hydrogens is 368 g/mol. The molecule has 0 aliphatic carbocycles. The average Bonchev–Trinajstić information content (AvgIpc) is 3.29. The number of carbonyl (C=O) groups is 2. The SMILES string of the molecule is CCOC(=O)c1cc(Cn2c(C(=O)c3ccccc3)nc3ccccc32)c(C)o1. The standard InChI is InChI=1S/C23H20N2O4/c1-3-28-23(27)20-13-17(15(2)29-20)14-25-19-12-8-7-11-18(19)24-22(25)21(26)16-9-5-4-6-10-16/h4-13H,3,14H2,1-2H3. The largest absolute Gasteiger partial charge is 0.460 e. The molecule has 29 heavy (non-hydrogen) atoms. The van der Waals surface area contributed by atoms with Crippen molar-refractivity contribution in [2.75, 3.05) is 6.61 Å². The van der Waals surface area contributed by atoms with Crippen molar-refractivity contribution in [1.82, 2.24) is 9.55 Å². The second kappa shape index (κ2) is 7.75. The van der Waals surface area contributed by atoms with Gasteiger partial charge in [-0.25, -0.2) is 9.78 Å². The zero-order chi connectivity index (χ0) is 20.4. The number of ketones is 1. The maximum atomic E-state index is 13.1. The molecule has 0 saturated heterocycles. The molecule has 0 saturated carbocycles. The van der Waals surface area contributed by atoms with Gasteiger partial charge in [-0.2, -0.15) is 0 Å². The number of aromatic nitrogens is 2. The van der Waals surface area contributed by atoms with Crippen LogP contribution >= 0.6 is 0 Å². The number of aryl methyl sites for hydroxylation is 1. The number of fused-ring (bicyclic) bond motifs is 1. The molecular formula is C23H20N2O4. The lowest BCUT2D eigenvalue weighted by atomic mass is 10.1. The summed E-state index contributed by atoms with van der Waals surface area (Å²) >= 11 is 0. The van der Waals surface area contributed by atoms with Gasteiger partial charge in [0, 0.05) is 11.1 Å². The summed E-state index contributed by atoms with van der Waals surface area (Å²) in [4.78, 5) is 29.7. The zero-order valence-electron chi connectivity index (χ0n) is 16.2. The van der Waals surface area contributed by atoms with E-state index in [1.165, 1.54) is 0 Å². The highest BCUT2D eigenvalue weighted by molar-refractivity contribution is 6.08. The van der Waals surface area contributed by atoms with Crippen LogP contribution in [0.2, 0.25) is 0 Å². The number of benzene rings is 2. The first-order chi connectivity index (χ1) is 14.1. The molecule has 0 atom stereocenters. The van der Waals surface area contributed by atoms with Gasteiger partial charge in [-0.15, -0.1) is 0 Å². The van der Waals surface area contributed by atoms with Gasteiger partial charge in [0.25, 0.3) is 0 Å². The van der Waals surface area contributed by atoms with Crippen LogP contribution in [-0.2, 0) is 11.3 Å². The quantitative estimate of drug-likeness (QED) is 0.362. The Bertz CT molecular complexity index is 1190. The number of carbonyl (C=O) groups excluding carboxylic acids is 2. The van der Waals surface area contributed by atoms with Crippen LogP contribution in [0.15, 0.2) is 65.1 Å². The number of hydrogen-bond donors (Lipinski definition) is 0. The van der Waals surface area contributed by atoms with Crippen molar-refractivity contribution in [1.29, 1.82) is 0 Å². The molecule has 0 unspecified atom stereocenters. The van der Waals surface area contributed by atoms with Crippen LogP contribution in [-0.4, -0.2) is 27.9 Å². The molecule has 146 valence electrons. The Morgan fingerprint density at radius 3 is 2.55 bits per heavy atom. The zero-order valence-corrected chi connectivity index (χ0v) is 16.2. The van der Waals surface area contributed by atoms with Crippen LogP contribution in [0, 0.1) is 6.92 Å². The van der Waals surface area contributed by atoms with E-state index in [0.29, 0.717) is 23.7 Å². The third-order valence-electron chi connectivity index (χ3n) is 4.72. The van der Waals surface area contributed by atoms with Crippen molar-refractivity contribution in [2.45, 2.75) is 20.4 Å². The third kappa shape index (κ3) is 3.57. The molecule has 0 N–H and O–H groups in total. The van der Waals surface area contributed by atoms with Gasteiger partial charge in [-0.3, -0.25) is 4.79 Å². The summed E-state index contributed by atoms with van der Waals surface area (Å²) in [6.45, 7) is 4.16. The Balaban J connectivity index is 1.78. The molecule has 4 aromatic rings. The normalized spacial score (nSPS) is 11.0. The van der Waals surface area contributed by atoms with Gasteiger partial charge < -0.3 is 13.7 Å². The minimum Gasteiger partial charge on any atom is -0.460 e. The fraction of sp³-hybridized carbons (Fsp3) is 0.174. The number of esters is 1. The smallest absolute Gasteiger partial charge is 0.374 e. The molecule has 6 nitrogen and oxygen atoms in total. The number of furan rings is 1. The molecule has 2 aromatic carbocycles. The second-order valence-electron chi connectivity index (χ2n) is 6.62. The molecule has 0 spiro atoms. The van der Waals surface area contributed by atoms with E-state index in [9.17, 15) is 9.59 Å². The molecule has 2 aromatic heterocycles. The van der Waals surface area contributed by atoms with Crippen LogP contribution in [0.1, 0.15) is 45.0 Å². The lowest BCUT2D eigenvalue weighted by Crippen LogP contribution is -2.12. The predicted octanol–water partition coefficient (Wildman–Crippen LogP) is 4.39. The van der Waals surface area contributed by atoms with Crippen LogP contribution in [0.4, 0.5) is 0 Å². The maximum absolute atomic E-state index is 13.1. The van der Waals surface area contributed by atoms with Gasteiger partial charge in [0.15, 0.2) is 5.82 Å². The summed E-state index contributed by atoms with van der Waals surface area (Å²) in [5.74, 6) is 0.436. The highest BCUT2D eigenvalue weighted by Crippen LogP contribution is 2.23. The summed E-state index contributed by atoms with van der Waals surface area (Å²) in [6.07, 6.45) is 0. The second-order valence-corrected chi connectivity index (χ2v) is 6.62. The van der Waals surface area contributed by atoms with Gasteiger partial charge in [0.2, 0.25) is 11.5 Å². The van der Waals surface area contributed by atoms with E-state index in [0.717, 1.165) is 16.6 Å². The Morgan fingerprint density at radius 2 is 1.79 bits per heavy atom. The van der Waals surface area contributed by atoms with E-state index in [1.54, 1.807) is 32.0 Å². The minimum absolute atomic E-state index is 0.153. The fourth-order valence-electron chi connectivity index (χ4n) is 3.28. The Labute approximate surface area is 167 Å². The Kier molecular flexibility index (Phi) is 4.99. The van der Waals surface area contributed by atoms with E-state index in [-0.39, 0.29) is 18.2 Å². The first kappa shape index (κ1) is 18.7. The number of ether oxygens (including phenoxy) is 1. The molecule has 0 aliphatic rings. The van der Waals surface area contributed by atoms with E-state index in [4.69, 9.17) is 9.15 Å². The fourth-order valence-corrected chi connectivity index (χ4v) is 3.28. The van der Waals surface area contributed by atoms with Gasteiger partial charge in [-0.1, -0.05) is 42.5 Å². The molecule has 0 fully saturated rings. The Morgan fingerprint density at radius 1 is 1.07 bits per heavy atom. The highest BCUT2D eigenvalue weighted by Gasteiger charge is 2.22. The van der Waals surface area contributed by atoms with Gasteiger partial charge in [0.05, 0.1) is 24.2 Å². The summed E-state index contributed by atoms with van der Waals surface area (Å²) in [5.41, 5.74) is 2.93. The van der Waals surface area contributed by atoms with Crippen molar-refractivity contribution in [3.8, 4) is 0 Å². The van der Waals surface area contributed by atoms with Gasteiger partial charge in [-0.05, 0) is 32.0 Å². The molecule has 0 bridgehead atoms. The minimum atomic E-state index is -0.502. The first-order valence-corrected chi connectivity index (χ1v) is 9.40. The topological polar surface area (TPSA) is 74.3 Å². The van der Waals surface area contributed by atoms with Crippen molar-refractivity contribution >= 4 is 22.8 Å². The third-order valence-corrected chi connectivity index (χ3v) is 4.72. The molecule has 0 radical (unpaired) electrons. The van der Waals surface area contributed by atoms with E-state index in [1.807, 2.05) is 47.0 Å². The lowest BCUT2D eigenvalue weighted by molar-refractivity contribution is 0.0488. The predicted molar refractivity (Wildman–Crippen MR) is 108 cm³/mol. The van der Waals surface area contributed by atoms with Gasteiger partial charge >= 0.3 is 5.97 Å². The lowest BCUT2D eigenvalue weighted by Gasteiger charge is -2.08. The summed E-state index contributed by atoms with van der Waals surface area (Å²) in [5, 5.41) is 0. The van der Waals surface area contributed by atoms with Crippen LogP contribution in [0.5, 0.6) is 0 Å². The maximum Gasteiger partial charge on any atom is 0.374 e. The van der Waals surface area contributed by atoms with Crippen LogP contribution in [0.3, 0.4) is 0 Å². The average molecular weight is 388 g/mol. The molecule has 0 amide bonds. The highest BCUT2D eigenvalue weighted by atomic mass is 16.5. The monoisotopic (exact) mass is 388 g/mol. The molecule has 4 rings (SSSR count). The first-order valence-electron chi connectivity index (χ1n) is 9.40. The molecule has 0 aliphatic heterocycles. The summed E-state index contributed by atoms with van der Waals surface area (Å²) < 4.78 is 12.5. The number of nitrogens with zero attached hydrogens (tertiary/aromatic N) is 2. The van der Waals surface area contributed by atoms with Crippen molar-refractivity contribution in [3.63, 3.8) is 0 Å².